The van der Waals surface area contributed by atoms with Gasteiger partial charge in [-0.2, -0.15) is 4.98 Å². The van der Waals surface area contributed by atoms with Gasteiger partial charge in [-0.05, 0) is 24.6 Å². The van der Waals surface area contributed by atoms with Crippen LogP contribution in [0.4, 0.5) is 16.3 Å². The zero-order chi connectivity index (χ0) is 18.8. The lowest BCUT2D eigenvalue weighted by Gasteiger charge is -2.12. The minimum atomic E-state index is -0.520. The minimum absolute atomic E-state index is 0.245. The van der Waals surface area contributed by atoms with E-state index in [9.17, 15) is 4.79 Å². The van der Waals surface area contributed by atoms with Crippen molar-refractivity contribution in [2.45, 2.75) is 6.42 Å². The molecule has 0 aliphatic carbocycles. The molecule has 0 fully saturated rings. The molecule has 0 spiro atoms. The number of nitrogens with one attached hydrogen (secondary N) is 2. The molecule has 2 aromatic rings. The van der Waals surface area contributed by atoms with Crippen LogP contribution in [0.1, 0.15) is 6.42 Å². The van der Waals surface area contributed by atoms with Crippen LogP contribution in [0.5, 0.6) is 11.6 Å². The summed E-state index contributed by atoms with van der Waals surface area (Å²) in [5, 5.41) is 5.71. The van der Waals surface area contributed by atoms with E-state index in [1.54, 1.807) is 30.4 Å². The zero-order valence-corrected chi connectivity index (χ0v) is 14.8. The quantitative estimate of drug-likeness (QED) is 0.505. The van der Waals surface area contributed by atoms with Gasteiger partial charge in [0.2, 0.25) is 5.88 Å². The fourth-order valence-electron chi connectivity index (χ4n) is 1.87. The third-order valence-corrected chi connectivity index (χ3v) is 3.21. The van der Waals surface area contributed by atoms with Crippen molar-refractivity contribution in [3.05, 3.63) is 60.9 Å². The Bertz CT molecular complexity index is 783. The molecule has 0 bridgehead atoms. The van der Waals surface area contributed by atoms with E-state index in [1.807, 2.05) is 0 Å². The molecule has 0 saturated carbocycles. The monoisotopic (exact) mass is 374 g/mol. The van der Waals surface area contributed by atoms with E-state index in [0.717, 1.165) is 0 Å². The number of nitrogens with zero attached hydrogens (tertiary/aromatic N) is 2. The Morgan fingerprint density at radius 3 is 2.81 bits per heavy atom. The predicted molar refractivity (Wildman–Crippen MR) is 102 cm³/mol. The van der Waals surface area contributed by atoms with E-state index >= 15 is 0 Å². The molecule has 0 saturated heterocycles. The molecule has 1 aromatic carbocycles. The van der Waals surface area contributed by atoms with Gasteiger partial charge in [0.05, 0.1) is 24.7 Å². The molecule has 0 aliphatic rings. The summed E-state index contributed by atoms with van der Waals surface area (Å²) in [6.45, 7) is 7.94. The largest absolute Gasteiger partial charge is 0.487 e. The highest BCUT2D eigenvalue weighted by atomic mass is 35.5. The van der Waals surface area contributed by atoms with Crippen LogP contribution in [0.25, 0.3) is 0 Å². The second kappa shape index (κ2) is 10.0. The number of carbonyl (C=O) groups is 1. The molecule has 0 unspecified atom stereocenters. The van der Waals surface area contributed by atoms with E-state index in [1.165, 1.54) is 12.4 Å². The summed E-state index contributed by atoms with van der Waals surface area (Å²) < 4.78 is 10.9. The van der Waals surface area contributed by atoms with Crippen molar-refractivity contribution in [1.29, 1.82) is 0 Å². The molecular formula is C18H19ClN4O3. The highest BCUT2D eigenvalue weighted by Crippen LogP contribution is 2.28. The number of hydrogen-bond donors (Lipinski definition) is 2. The Balaban J connectivity index is 2.02. The van der Waals surface area contributed by atoms with Gasteiger partial charge in [0.15, 0.2) is 5.82 Å². The smallest absolute Gasteiger partial charge is 0.325 e. The number of aromatic nitrogens is 2. The van der Waals surface area contributed by atoms with Gasteiger partial charge in [-0.15, -0.1) is 6.58 Å². The van der Waals surface area contributed by atoms with Crippen molar-refractivity contribution in [2.75, 3.05) is 23.8 Å². The molecule has 136 valence electrons. The number of urea groups is 1. The Labute approximate surface area is 156 Å². The molecule has 7 nitrogen and oxygen atoms in total. The summed E-state index contributed by atoms with van der Waals surface area (Å²) in [6, 6.07) is 4.39. The third-order valence-electron chi connectivity index (χ3n) is 2.97. The van der Waals surface area contributed by atoms with E-state index in [4.69, 9.17) is 21.1 Å². The zero-order valence-electron chi connectivity index (χ0n) is 14.1. The van der Waals surface area contributed by atoms with Crippen molar-refractivity contribution in [1.82, 2.24) is 9.97 Å². The van der Waals surface area contributed by atoms with Crippen LogP contribution < -0.4 is 20.1 Å². The van der Waals surface area contributed by atoms with Crippen molar-refractivity contribution >= 4 is 29.1 Å². The number of carbonyl (C=O) groups excluding carboxylic acids is 1. The number of benzene rings is 1. The number of anilines is 2. The van der Waals surface area contributed by atoms with Crippen LogP contribution in [0.2, 0.25) is 5.02 Å². The van der Waals surface area contributed by atoms with Crippen molar-refractivity contribution < 1.29 is 14.3 Å². The molecular weight excluding hydrogens is 356 g/mol. The summed E-state index contributed by atoms with van der Waals surface area (Å²) in [7, 11) is 0. The Morgan fingerprint density at radius 2 is 2.04 bits per heavy atom. The van der Waals surface area contributed by atoms with E-state index in [2.05, 4.69) is 33.8 Å². The van der Waals surface area contributed by atoms with E-state index in [-0.39, 0.29) is 5.82 Å². The van der Waals surface area contributed by atoms with Gasteiger partial charge in [0, 0.05) is 5.02 Å². The molecule has 2 rings (SSSR count). The lowest BCUT2D eigenvalue weighted by Crippen LogP contribution is -2.21. The van der Waals surface area contributed by atoms with Crippen LogP contribution >= 0.6 is 11.6 Å². The first-order valence-electron chi connectivity index (χ1n) is 7.79. The van der Waals surface area contributed by atoms with Crippen LogP contribution in [-0.4, -0.2) is 29.2 Å². The maximum Gasteiger partial charge on any atom is 0.325 e. The van der Waals surface area contributed by atoms with Crippen LogP contribution in [-0.2, 0) is 0 Å². The van der Waals surface area contributed by atoms with Crippen LogP contribution in [0.3, 0.4) is 0 Å². The first-order valence-corrected chi connectivity index (χ1v) is 8.17. The van der Waals surface area contributed by atoms with Crippen molar-refractivity contribution in [3.63, 3.8) is 0 Å². The summed E-state index contributed by atoms with van der Waals surface area (Å²) in [6.07, 6.45) is 6.89. The topological polar surface area (TPSA) is 85.4 Å². The van der Waals surface area contributed by atoms with E-state index in [0.29, 0.717) is 42.0 Å². The van der Waals surface area contributed by atoms with Gasteiger partial charge in [0.25, 0.3) is 0 Å². The summed E-state index contributed by atoms with van der Waals surface area (Å²) in [5.74, 6) is 1.02. The first-order chi connectivity index (χ1) is 12.6. The first kappa shape index (κ1) is 19.3. The second-order valence-corrected chi connectivity index (χ2v) is 5.42. The van der Waals surface area contributed by atoms with Gasteiger partial charge in [-0.1, -0.05) is 30.3 Å². The van der Waals surface area contributed by atoms with Crippen LogP contribution in [0, 0.1) is 0 Å². The lowest BCUT2D eigenvalue weighted by atomic mass is 10.3. The fraction of sp³-hybridized carbons (Fsp3) is 0.167. The molecule has 2 amide bonds. The minimum Gasteiger partial charge on any atom is -0.487 e. The van der Waals surface area contributed by atoms with Gasteiger partial charge in [-0.3, -0.25) is 10.3 Å². The normalized spacial score (nSPS) is 9.88. The number of halogens is 1. The molecule has 0 radical (unpaired) electrons. The van der Waals surface area contributed by atoms with Crippen molar-refractivity contribution in [2.24, 2.45) is 0 Å². The van der Waals surface area contributed by atoms with Crippen molar-refractivity contribution in [3.8, 4) is 11.6 Å². The summed E-state index contributed by atoms with van der Waals surface area (Å²) in [5.41, 5.74) is 0.420. The number of hydrogen-bond acceptors (Lipinski definition) is 5. The fourth-order valence-corrected chi connectivity index (χ4v) is 2.04. The maximum atomic E-state index is 12.2. The average molecular weight is 375 g/mol. The highest BCUT2D eigenvalue weighted by molar-refractivity contribution is 6.31. The molecule has 8 heteroatoms. The number of amides is 2. The SMILES string of the molecule is C=CCCOc1cncc(NC(=O)Nc2cc(Cl)ccc2OCC=C)n1. The van der Waals surface area contributed by atoms with Crippen LogP contribution in [0.15, 0.2) is 55.9 Å². The van der Waals surface area contributed by atoms with Gasteiger partial charge >= 0.3 is 6.03 Å². The third kappa shape index (κ3) is 6.10. The Kier molecular flexibility index (Phi) is 7.45. The molecule has 1 heterocycles. The average Bonchev–Trinajstić information content (AvgIpc) is 2.61. The van der Waals surface area contributed by atoms with E-state index < -0.39 is 6.03 Å². The van der Waals surface area contributed by atoms with Gasteiger partial charge < -0.3 is 14.8 Å². The maximum absolute atomic E-state index is 12.2. The lowest BCUT2D eigenvalue weighted by molar-refractivity contribution is 0.262. The molecule has 2 N–H and O–H groups in total. The molecule has 0 aliphatic heterocycles. The molecule has 1 aromatic heterocycles. The highest BCUT2D eigenvalue weighted by Gasteiger charge is 2.10. The summed E-state index contributed by atoms with van der Waals surface area (Å²) in [4.78, 5) is 20.4. The predicted octanol–water partition coefficient (Wildman–Crippen LogP) is 4.29. The number of ether oxygens (including phenoxy) is 2. The van der Waals surface area contributed by atoms with Gasteiger partial charge in [-0.25, -0.2) is 4.79 Å². The molecule has 26 heavy (non-hydrogen) atoms. The molecule has 0 atom stereocenters. The standard InChI is InChI=1S/C18H19ClN4O3/c1-3-5-9-26-17-12-20-11-16(22-17)23-18(24)21-14-10-13(19)6-7-15(14)25-8-4-2/h3-4,6-7,10-12H,1-2,5,8-9H2,(H2,21,22,23,24). The number of rotatable bonds is 9. The Morgan fingerprint density at radius 1 is 1.19 bits per heavy atom. The second-order valence-electron chi connectivity index (χ2n) is 4.99. The Hall–Kier alpha value is -3.06. The van der Waals surface area contributed by atoms with Gasteiger partial charge in [0.1, 0.15) is 12.4 Å². The summed E-state index contributed by atoms with van der Waals surface area (Å²) >= 11 is 5.98.